The van der Waals surface area contributed by atoms with Crippen LogP contribution in [0.15, 0.2) is 59.5 Å². The Bertz CT molecular complexity index is 1120. The highest BCUT2D eigenvalue weighted by molar-refractivity contribution is 7.92. The molecule has 0 aliphatic carbocycles. The summed E-state index contributed by atoms with van der Waals surface area (Å²) in [4.78, 5) is 12.8. The molecule has 0 radical (unpaired) electrons. The first-order chi connectivity index (χ1) is 13.2. The molecule has 0 saturated heterocycles. The third kappa shape index (κ3) is 4.10. The maximum absolute atomic E-state index is 12.6. The Balaban J connectivity index is 1.86. The van der Waals surface area contributed by atoms with Crippen LogP contribution in [-0.2, 0) is 9.84 Å². The number of carbonyl (C=O) groups is 1. The van der Waals surface area contributed by atoms with Gasteiger partial charge < -0.3 is 5.32 Å². The van der Waals surface area contributed by atoms with E-state index in [0.717, 1.165) is 5.69 Å². The highest BCUT2D eigenvalue weighted by Gasteiger charge is 2.20. The van der Waals surface area contributed by atoms with Crippen molar-refractivity contribution in [3.8, 4) is 5.69 Å². The zero-order valence-corrected chi connectivity index (χ0v) is 17.3. The van der Waals surface area contributed by atoms with Gasteiger partial charge in [0.1, 0.15) is 5.82 Å². The van der Waals surface area contributed by atoms with Crippen LogP contribution < -0.4 is 5.32 Å². The van der Waals surface area contributed by atoms with E-state index < -0.39 is 15.1 Å². The zero-order chi connectivity index (χ0) is 20.5. The van der Waals surface area contributed by atoms with Gasteiger partial charge in [-0.05, 0) is 63.2 Å². The van der Waals surface area contributed by atoms with Crippen LogP contribution in [0.4, 0.5) is 5.82 Å². The first-order valence-corrected chi connectivity index (χ1v) is 10.6. The fourth-order valence-corrected chi connectivity index (χ4v) is 3.89. The van der Waals surface area contributed by atoms with E-state index in [9.17, 15) is 13.2 Å². The third-order valence-electron chi connectivity index (χ3n) is 4.19. The topological polar surface area (TPSA) is 81.1 Å². The Hall–Kier alpha value is -2.64. The number of benzene rings is 2. The molecule has 0 aliphatic rings. The molecule has 28 heavy (non-hydrogen) atoms. The van der Waals surface area contributed by atoms with Gasteiger partial charge in [-0.3, -0.25) is 4.79 Å². The number of halogens is 1. The van der Waals surface area contributed by atoms with Gasteiger partial charge >= 0.3 is 0 Å². The van der Waals surface area contributed by atoms with Gasteiger partial charge in [0.05, 0.1) is 21.5 Å². The molecule has 0 aliphatic heterocycles. The number of aromatic nitrogens is 2. The minimum absolute atomic E-state index is 0.193. The summed E-state index contributed by atoms with van der Waals surface area (Å²) in [5.74, 6) is 0.125. The molecule has 1 heterocycles. The molecule has 2 aromatic carbocycles. The second kappa shape index (κ2) is 7.77. The molecule has 146 valence electrons. The molecule has 6 nitrogen and oxygen atoms in total. The highest BCUT2D eigenvalue weighted by atomic mass is 35.5. The van der Waals surface area contributed by atoms with E-state index in [1.54, 1.807) is 42.8 Å². The van der Waals surface area contributed by atoms with E-state index >= 15 is 0 Å². The number of rotatable bonds is 5. The quantitative estimate of drug-likeness (QED) is 0.672. The maximum atomic E-state index is 12.6. The number of anilines is 1. The van der Waals surface area contributed by atoms with Crippen molar-refractivity contribution in [3.05, 3.63) is 70.9 Å². The summed E-state index contributed by atoms with van der Waals surface area (Å²) < 4.78 is 26.0. The molecular weight excluding hydrogens is 398 g/mol. The Morgan fingerprint density at radius 1 is 1.11 bits per heavy atom. The van der Waals surface area contributed by atoms with E-state index in [1.165, 1.54) is 24.3 Å². The van der Waals surface area contributed by atoms with Crippen molar-refractivity contribution in [2.45, 2.75) is 30.9 Å². The SMILES string of the molecule is Cc1cc(NC(=O)c2ccc(S(=O)(=O)C(C)C)cc2)n(-c2cccc(Cl)c2)n1. The second-order valence-electron chi connectivity index (χ2n) is 6.63. The standard InChI is InChI=1S/C20H20ClN3O3S/c1-13(2)28(26,27)18-9-7-15(8-10-18)20(25)22-19-11-14(3)23-24(19)17-6-4-5-16(21)12-17/h4-13H,1-3H3,(H,22,25). The van der Waals surface area contributed by atoms with E-state index in [1.807, 2.05) is 13.0 Å². The lowest BCUT2D eigenvalue weighted by atomic mass is 10.2. The predicted molar refractivity (Wildman–Crippen MR) is 110 cm³/mol. The monoisotopic (exact) mass is 417 g/mol. The summed E-state index contributed by atoms with van der Waals surface area (Å²) in [6.45, 7) is 5.06. The number of aryl methyl sites for hydroxylation is 1. The van der Waals surface area contributed by atoms with Gasteiger partial charge in [-0.2, -0.15) is 5.10 Å². The van der Waals surface area contributed by atoms with Crippen LogP contribution >= 0.6 is 11.6 Å². The van der Waals surface area contributed by atoms with E-state index in [4.69, 9.17) is 11.6 Å². The average Bonchev–Trinajstić information content (AvgIpc) is 3.02. The number of hydrogen-bond acceptors (Lipinski definition) is 4. The molecule has 0 bridgehead atoms. The van der Waals surface area contributed by atoms with E-state index in [2.05, 4.69) is 10.4 Å². The Labute approximate surface area is 169 Å². The van der Waals surface area contributed by atoms with Gasteiger partial charge in [0.15, 0.2) is 9.84 Å². The minimum atomic E-state index is -3.38. The predicted octanol–water partition coefficient (Wildman–Crippen LogP) is 4.27. The number of hydrogen-bond donors (Lipinski definition) is 1. The van der Waals surface area contributed by atoms with Crippen LogP contribution in [0.25, 0.3) is 5.69 Å². The number of amides is 1. The summed E-state index contributed by atoms with van der Waals surface area (Å²) in [7, 11) is -3.38. The van der Waals surface area contributed by atoms with Crippen molar-refractivity contribution < 1.29 is 13.2 Å². The van der Waals surface area contributed by atoms with E-state index in [-0.39, 0.29) is 10.8 Å². The fraction of sp³-hybridized carbons (Fsp3) is 0.200. The fourth-order valence-electron chi connectivity index (χ4n) is 2.65. The largest absolute Gasteiger partial charge is 0.306 e. The smallest absolute Gasteiger partial charge is 0.256 e. The summed E-state index contributed by atoms with van der Waals surface area (Å²) in [5, 5.41) is 7.25. The summed E-state index contributed by atoms with van der Waals surface area (Å²) in [6.07, 6.45) is 0. The van der Waals surface area contributed by atoms with Gasteiger partial charge in [-0.15, -0.1) is 0 Å². The summed E-state index contributed by atoms with van der Waals surface area (Å²) in [5.41, 5.74) is 1.79. The lowest BCUT2D eigenvalue weighted by Gasteiger charge is -2.10. The van der Waals surface area contributed by atoms with Gasteiger partial charge in [0, 0.05) is 16.7 Å². The molecule has 1 N–H and O–H groups in total. The van der Waals surface area contributed by atoms with Crippen molar-refractivity contribution in [2.75, 3.05) is 5.32 Å². The Kier molecular flexibility index (Phi) is 5.58. The molecule has 0 atom stereocenters. The van der Waals surface area contributed by atoms with Crippen LogP contribution in [0.1, 0.15) is 29.9 Å². The minimum Gasteiger partial charge on any atom is -0.306 e. The molecule has 0 saturated carbocycles. The molecule has 1 aromatic heterocycles. The molecule has 3 rings (SSSR count). The maximum Gasteiger partial charge on any atom is 0.256 e. The van der Waals surface area contributed by atoms with Crippen LogP contribution in [-0.4, -0.2) is 29.4 Å². The van der Waals surface area contributed by atoms with Crippen molar-refractivity contribution >= 4 is 33.2 Å². The van der Waals surface area contributed by atoms with E-state index in [0.29, 0.717) is 22.1 Å². The molecule has 0 unspecified atom stereocenters. The van der Waals surface area contributed by atoms with Crippen molar-refractivity contribution in [1.29, 1.82) is 0 Å². The molecular formula is C20H20ClN3O3S. The summed E-state index contributed by atoms with van der Waals surface area (Å²) in [6, 6.07) is 14.8. The first kappa shape index (κ1) is 20.1. The van der Waals surface area contributed by atoms with Crippen LogP contribution in [0.5, 0.6) is 0 Å². The highest BCUT2D eigenvalue weighted by Crippen LogP contribution is 2.21. The Morgan fingerprint density at radius 2 is 1.79 bits per heavy atom. The average molecular weight is 418 g/mol. The molecule has 3 aromatic rings. The molecule has 0 fully saturated rings. The van der Waals surface area contributed by atoms with Crippen molar-refractivity contribution in [3.63, 3.8) is 0 Å². The van der Waals surface area contributed by atoms with Gasteiger partial charge in [-0.25, -0.2) is 13.1 Å². The number of carbonyl (C=O) groups excluding carboxylic acids is 1. The Morgan fingerprint density at radius 3 is 2.39 bits per heavy atom. The number of nitrogens with one attached hydrogen (secondary N) is 1. The zero-order valence-electron chi connectivity index (χ0n) is 15.7. The lowest BCUT2D eigenvalue weighted by Crippen LogP contribution is -2.16. The lowest BCUT2D eigenvalue weighted by molar-refractivity contribution is 0.102. The van der Waals surface area contributed by atoms with Crippen LogP contribution in [0.2, 0.25) is 5.02 Å². The second-order valence-corrected chi connectivity index (χ2v) is 9.58. The van der Waals surface area contributed by atoms with Gasteiger partial charge in [-0.1, -0.05) is 17.7 Å². The third-order valence-corrected chi connectivity index (χ3v) is 6.60. The summed E-state index contributed by atoms with van der Waals surface area (Å²) >= 11 is 6.05. The number of nitrogens with zero attached hydrogens (tertiary/aromatic N) is 2. The van der Waals surface area contributed by atoms with Gasteiger partial charge in [0.25, 0.3) is 5.91 Å². The number of sulfone groups is 1. The van der Waals surface area contributed by atoms with Gasteiger partial charge in [0.2, 0.25) is 0 Å². The van der Waals surface area contributed by atoms with Crippen LogP contribution in [0.3, 0.4) is 0 Å². The normalized spacial score (nSPS) is 11.6. The van der Waals surface area contributed by atoms with Crippen molar-refractivity contribution in [1.82, 2.24) is 9.78 Å². The molecule has 1 amide bonds. The first-order valence-electron chi connectivity index (χ1n) is 8.66. The van der Waals surface area contributed by atoms with Crippen molar-refractivity contribution in [2.24, 2.45) is 0 Å². The molecule has 0 spiro atoms. The van der Waals surface area contributed by atoms with Crippen LogP contribution in [0, 0.1) is 6.92 Å². The molecule has 8 heteroatoms.